The highest BCUT2D eigenvalue weighted by molar-refractivity contribution is 5.80. The van der Waals surface area contributed by atoms with Crippen molar-refractivity contribution < 1.29 is 14.6 Å². The molecule has 0 saturated carbocycles. The summed E-state index contributed by atoms with van der Waals surface area (Å²) < 4.78 is 10.2. The van der Waals surface area contributed by atoms with Gasteiger partial charge < -0.3 is 25.2 Å². The van der Waals surface area contributed by atoms with Crippen LogP contribution in [-0.2, 0) is 11.3 Å². The second-order valence-corrected chi connectivity index (χ2v) is 4.66. The van der Waals surface area contributed by atoms with Crippen LogP contribution in [0.1, 0.15) is 19.4 Å². The Morgan fingerprint density at radius 2 is 2.14 bits per heavy atom. The van der Waals surface area contributed by atoms with Gasteiger partial charge in [-0.3, -0.25) is 0 Å². The Bertz CT molecular complexity index is 463. The molecule has 0 aliphatic carbocycles. The van der Waals surface area contributed by atoms with Crippen LogP contribution in [0.3, 0.4) is 0 Å². The lowest BCUT2D eigenvalue weighted by molar-refractivity contribution is 0.179. The van der Waals surface area contributed by atoms with Crippen LogP contribution in [0.15, 0.2) is 23.2 Å². The van der Waals surface area contributed by atoms with Crippen molar-refractivity contribution >= 4 is 5.96 Å². The smallest absolute Gasteiger partial charge is 0.191 e. The van der Waals surface area contributed by atoms with Gasteiger partial charge in [0.2, 0.25) is 0 Å². The maximum Gasteiger partial charge on any atom is 0.191 e. The minimum Gasteiger partial charge on any atom is -0.504 e. The van der Waals surface area contributed by atoms with Gasteiger partial charge in [0.15, 0.2) is 17.5 Å². The largest absolute Gasteiger partial charge is 0.504 e. The van der Waals surface area contributed by atoms with Gasteiger partial charge in [0, 0.05) is 25.3 Å². The number of rotatable bonds is 7. The first-order chi connectivity index (χ1) is 10.1. The summed E-state index contributed by atoms with van der Waals surface area (Å²) in [5.41, 5.74) is 0.714. The number of nitrogens with zero attached hydrogens (tertiary/aromatic N) is 1. The van der Waals surface area contributed by atoms with Gasteiger partial charge in [-0.05, 0) is 19.9 Å². The minimum absolute atomic E-state index is 0.129. The molecular formula is C15H25N3O3. The summed E-state index contributed by atoms with van der Waals surface area (Å²) in [5.74, 6) is 1.27. The van der Waals surface area contributed by atoms with Gasteiger partial charge in [0.1, 0.15) is 0 Å². The zero-order chi connectivity index (χ0) is 15.7. The summed E-state index contributed by atoms with van der Waals surface area (Å²) in [6.07, 6.45) is 0. The van der Waals surface area contributed by atoms with Crippen molar-refractivity contribution in [3.05, 3.63) is 23.8 Å². The monoisotopic (exact) mass is 295 g/mol. The van der Waals surface area contributed by atoms with E-state index in [9.17, 15) is 5.11 Å². The van der Waals surface area contributed by atoms with E-state index < -0.39 is 0 Å². The number of hydrogen-bond acceptors (Lipinski definition) is 4. The van der Waals surface area contributed by atoms with Crippen molar-refractivity contribution in [1.29, 1.82) is 0 Å². The third kappa shape index (κ3) is 5.51. The number of methoxy groups -OCH3 is 2. The summed E-state index contributed by atoms with van der Waals surface area (Å²) in [5, 5.41) is 16.4. The molecule has 0 bridgehead atoms. The molecule has 118 valence electrons. The van der Waals surface area contributed by atoms with Crippen molar-refractivity contribution in [2.24, 2.45) is 4.99 Å². The molecule has 0 aromatic heterocycles. The number of phenols is 1. The minimum atomic E-state index is 0.129. The first kappa shape index (κ1) is 17.1. The zero-order valence-corrected chi connectivity index (χ0v) is 13.1. The molecule has 0 amide bonds. The molecule has 0 saturated heterocycles. The lowest BCUT2D eigenvalue weighted by atomic mass is 10.2. The highest BCUT2D eigenvalue weighted by Crippen LogP contribution is 2.29. The van der Waals surface area contributed by atoms with Crippen LogP contribution >= 0.6 is 0 Å². The summed E-state index contributed by atoms with van der Waals surface area (Å²) in [4.78, 5) is 4.47. The molecule has 1 atom stereocenters. The predicted octanol–water partition coefficient (Wildman–Crippen LogP) is 1.49. The zero-order valence-electron chi connectivity index (χ0n) is 13.1. The number of aromatic hydroxyl groups is 1. The summed E-state index contributed by atoms with van der Waals surface area (Å²) >= 11 is 0. The number of aliphatic imine (C=N–C) groups is 1. The van der Waals surface area contributed by atoms with Crippen molar-refractivity contribution in [2.75, 3.05) is 27.4 Å². The molecule has 0 spiro atoms. The molecule has 3 N–H and O–H groups in total. The molecule has 6 heteroatoms. The topological polar surface area (TPSA) is 75.1 Å². The van der Waals surface area contributed by atoms with Gasteiger partial charge in [0.05, 0.1) is 20.3 Å². The summed E-state index contributed by atoms with van der Waals surface area (Å²) in [6, 6.07) is 5.51. The standard InChI is InChI=1S/C15H25N3O3/c1-5-16-15(18-11(2)10-20-3)17-9-12-7-6-8-13(21-4)14(12)19/h6-8,11,19H,5,9-10H2,1-4H3,(H2,16,17,18). The van der Waals surface area contributed by atoms with Crippen LogP contribution in [0.25, 0.3) is 0 Å². The number of benzene rings is 1. The van der Waals surface area contributed by atoms with E-state index in [1.165, 1.54) is 7.11 Å². The number of guanidine groups is 1. The number of para-hydroxylation sites is 1. The van der Waals surface area contributed by atoms with Gasteiger partial charge in [0.25, 0.3) is 0 Å². The van der Waals surface area contributed by atoms with Gasteiger partial charge in [-0.15, -0.1) is 0 Å². The van der Waals surface area contributed by atoms with E-state index in [0.717, 1.165) is 6.54 Å². The van der Waals surface area contributed by atoms with Gasteiger partial charge in [-0.25, -0.2) is 4.99 Å². The molecule has 0 radical (unpaired) electrons. The van der Waals surface area contributed by atoms with Crippen molar-refractivity contribution in [2.45, 2.75) is 26.4 Å². The van der Waals surface area contributed by atoms with Crippen LogP contribution in [0.2, 0.25) is 0 Å². The highest BCUT2D eigenvalue weighted by Gasteiger charge is 2.08. The Morgan fingerprint density at radius 1 is 1.38 bits per heavy atom. The predicted molar refractivity (Wildman–Crippen MR) is 83.9 cm³/mol. The molecule has 0 heterocycles. The number of ether oxygens (including phenoxy) is 2. The van der Waals surface area contributed by atoms with Crippen molar-refractivity contribution in [3.8, 4) is 11.5 Å². The van der Waals surface area contributed by atoms with Crippen molar-refractivity contribution in [3.63, 3.8) is 0 Å². The Kier molecular flexibility index (Phi) is 7.39. The molecule has 1 rings (SSSR count). The third-order valence-corrected chi connectivity index (χ3v) is 2.85. The van der Waals surface area contributed by atoms with E-state index in [0.29, 0.717) is 30.4 Å². The lowest BCUT2D eigenvalue weighted by Crippen LogP contribution is -2.43. The molecule has 0 fully saturated rings. The maximum atomic E-state index is 10.0. The Labute approximate surface area is 126 Å². The van der Waals surface area contributed by atoms with Crippen molar-refractivity contribution in [1.82, 2.24) is 10.6 Å². The highest BCUT2D eigenvalue weighted by atomic mass is 16.5. The quantitative estimate of drug-likeness (QED) is 0.525. The fraction of sp³-hybridized carbons (Fsp3) is 0.533. The normalized spacial score (nSPS) is 12.9. The second kappa shape index (κ2) is 9.07. The lowest BCUT2D eigenvalue weighted by Gasteiger charge is -2.17. The number of hydrogen-bond donors (Lipinski definition) is 3. The SMILES string of the molecule is CCNC(=NCc1cccc(OC)c1O)NC(C)COC. The van der Waals surface area contributed by atoms with E-state index >= 15 is 0 Å². The fourth-order valence-electron chi connectivity index (χ4n) is 1.87. The second-order valence-electron chi connectivity index (χ2n) is 4.66. The van der Waals surface area contributed by atoms with Gasteiger partial charge in [-0.2, -0.15) is 0 Å². The summed E-state index contributed by atoms with van der Waals surface area (Å²) in [6.45, 7) is 5.73. The van der Waals surface area contributed by atoms with E-state index in [1.807, 2.05) is 26.0 Å². The average Bonchev–Trinajstić information content (AvgIpc) is 2.46. The van der Waals surface area contributed by atoms with Crippen LogP contribution in [0.4, 0.5) is 0 Å². The van der Waals surface area contributed by atoms with Crippen LogP contribution in [0.5, 0.6) is 11.5 Å². The van der Waals surface area contributed by atoms with Gasteiger partial charge in [-0.1, -0.05) is 12.1 Å². The first-order valence-corrected chi connectivity index (χ1v) is 7.01. The Balaban J connectivity index is 2.78. The van der Waals surface area contributed by atoms with Crippen LogP contribution in [0, 0.1) is 0 Å². The Morgan fingerprint density at radius 3 is 2.76 bits per heavy atom. The maximum absolute atomic E-state index is 10.0. The molecule has 6 nitrogen and oxygen atoms in total. The molecular weight excluding hydrogens is 270 g/mol. The third-order valence-electron chi connectivity index (χ3n) is 2.85. The fourth-order valence-corrected chi connectivity index (χ4v) is 1.87. The first-order valence-electron chi connectivity index (χ1n) is 7.01. The van der Waals surface area contributed by atoms with E-state index in [2.05, 4.69) is 15.6 Å². The number of phenolic OH excluding ortho intramolecular Hbond substituents is 1. The van der Waals surface area contributed by atoms with E-state index in [4.69, 9.17) is 9.47 Å². The summed E-state index contributed by atoms with van der Waals surface area (Å²) in [7, 11) is 3.19. The molecule has 21 heavy (non-hydrogen) atoms. The van der Waals surface area contributed by atoms with Gasteiger partial charge >= 0.3 is 0 Å². The molecule has 1 aromatic rings. The van der Waals surface area contributed by atoms with Crippen LogP contribution < -0.4 is 15.4 Å². The van der Waals surface area contributed by atoms with Crippen LogP contribution in [-0.4, -0.2) is 44.5 Å². The average molecular weight is 295 g/mol. The van der Waals surface area contributed by atoms with E-state index in [-0.39, 0.29) is 11.8 Å². The Hall–Kier alpha value is -1.95. The molecule has 0 aliphatic rings. The number of nitrogens with one attached hydrogen (secondary N) is 2. The molecule has 1 unspecified atom stereocenters. The van der Waals surface area contributed by atoms with E-state index in [1.54, 1.807) is 13.2 Å². The molecule has 1 aromatic carbocycles. The molecule has 0 aliphatic heterocycles.